The summed E-state index contributed by atoms with van der Waals surface area (Å²) in [6.45, 7) is 1.86. The second kappa shape index (κ2) is 12.1. The number of amides is 1. The van der Waals surface area contributed by atoms with Crippen molar-refractivity contribution in [1.29, 1.82) is 5.26 Å². The van der Waals surface area contributed by atoms with Crippen LogP contribution in [-0.4, -0.2) is 51.3 Å². The van der Waals surface area contributed by atoms with E-state index in [9.17, 15) is 25.1 Å². The molecule has 1 fully saturated rings. The molecule has 2 heterocycles. The van der Waals surface area contributed by atoms with Crippen LogP contribution >= 0.6 is 0 Å². The molecule has 3 N–H and O–H groups in total. The van der Waals surface area contributed by atoms with Gasteiger partial charge in [-0.25, -0.2) is 9.59 Å². The molecule has 0 saturated carbocycles. The Morgan fingerprint density at radius 1 is 1.43 bits per heavy atom. The summed E-state index contributed by atoms with van der Waals surface area (Å²) in [5.41, 5.74) is -0.774. The number of nitrogens with one attached hydrogen (secondary N) is 1. The molecule has 0 aliphatic carbocycles. The van der Waals surface area contributed by atoms with Gasteiger partial charge in [0, 0.05) is 6.20 Å². The first-order valence-corrected chi connectivity index (χ1v) is 10.0. The van der Waals surface area contributed by atoms with E-state index in [1.807, 2.05) is 6.07 Å². The largest absolute Gasteiger partial charge is 0.449 e. The number of carbonyl (C=O) groups is 1. The fraction of sp³-hybridized carbons (Fsp3) is 0.600. The van der Waals surface area contributed by atoms with Crippen LogP contribution < -0.4 is 11.0 Å². The van der Waals surface area contributed by atoms with Gasteiger partial charge in [0.25, 0.3) is 0 Å². The van der Waals surface area contributed by atoms with E-state index in [2.05, 4.69) is 29.4 Å². The van der Waals surface area contributed by atoms with Crippen LogP contribution in [0.2, 0.25) is 0 Å². The maximum absolute atomic E-state index is 12.3. The van der Waals surface area contributed by atoms with Gasteiger partial charge in [-0.2, -0.15) is 10.2 Å². The lowest BCUT2D eigenvalue weighted by Gasteiger charge is -2.16. The molecule has 0 bridgehead atoms. The highest BCUT2D eigenvalue weighted by atomic mass is 16.6. The van der Waals surface area contributed by atoms with Crippen LogP contribution in [0, 0.1) is 17.2 Å². The summed E-state index contributed by atoms with van der Waals surface area (Å²) >= 11 is 0. The number of anilines is 1. The maximum atomic E-state index is 12.3. The topological polar surface area (TPSA) is 147 Å². The number of nitriles is 1. The Balaban J connectivity index is 1.84. The Bertz CT molecular complexity index is 818. The summed E-state index contributed by atoms with van der Waals surface area (Å²) in [5.74, 6) is -1.04. The summed E-state index contributed by atoms with van der Waals surface area (Å²) in [4.78, 5) is 27.9. The zero-order valence-electron chi connectivity index (χ0n) is 16.9. The molecule has 0 radical (unpaired) electrons. The van der Waals surface area contributed by atoms with E-state index in [0.717, 1.165) is 36.7 Å². The third-order valence-corrected chi connectivity index (χ3v) is 4.68. The van der Waals surface area contributed by atoms with Crippen molar-refractivity contribution in [3.63, 3.8) is 0 Å². The minimum Gasteiger partial charge on any atom is -0.449 e. The molecule has 1 saturated heterocycles. The maximum Gasteiger partial charge on any atom is 0.412 e. The van der Waals surface area contributed by atoms with Crippen LogP contribution in [0.1, 0.15) is 45.3 Å². The molecule has 10 nitrogen and oxygen atoms in total. The monoisotopic (exact) mass is 420 g/mol. The lowest BCUT2D eigenvalue weighted by atomic mass is 10.0. The average Bonchev–Trinajstić information content (AvgIpc) is 3.05. The van der Waals surface area contributed by atoms with Crippen molar-refractivity contribution in [2.75, 3.05) is 18.5 Å². The molecule has 1 aromatic heterocycles. The van der Waals surface area contributed by atoms with Gasteiger partial charge in [-0.3, -0.25) is 9.88 Å². The van der Waals surface area contributed by atoms with Crippen molar-refractivity contribution in [2.24, 2.45) is 5.92 Å². The first-order chi connectivity index (χ1) is 14.5. The molecule has 0 aromatic carbocycles. The van der Waals surface area contributed by atoms with Gasteiger partial charge in [0.05, 0.1) is 19.3 Å². The van der Waals surface area contributed by atoms with Gasteiger partial charge in [-0.05, 0) is 38.2 Å². The lowest BCUT2D eigenvalue weighted by molar-refractivity contribution is -0.0469. The van der Waals surface area contributed by atoms with E-state index in [0.29, 0.717) is 0 Å². The Kier molecular flexibility index (Phi) is 9.47. The molecule has 1 unspecified atom stereocenters. The van der Waals surface area contributed by atoms with Crippen LogP contribution in [-0.2, 0) is 9.47 Å². The molecule has 0 spiro atoms. The van der Waals surface area contributed by atoms with Gasteiger partial charge >= 0.3 is 11.8 Å². The fourth-order valence-corrected chi connectivity index (χ4v) is 3.08. The van der Waals surface area contributed by atoms with Gasteiger partial charge < -0.3 is 19.7 Å². The SMILES string of the molecule is CC/C=C\CCCCCOC(=O)Nc1ccn(C2O[C@H](CO)[C@@H](O)[C@@H]2C#N)c(=O)n1. The molecular weight excluding hydrogens is 392 g/mol. The number of ether oxygens (including phenoxy) is 2. The highest BCUT2D eigenvalue weighted by Gasteiger charge is 2.45. The van der Waals surface area contributed by atoms with Gasteiger partial charge in [-0.1, -0.05) is 19.1 Å². The molecular formula is C20H28N4O6. The molecule has 30 heavy (non-hydrogen) atoms. The zero-order chi connectivity index (χ0) is 21.9. The summed E-state index contributed by atoms with van der Waals surface area (Å²) < 4.78 is 11.5. The van der Waals surface area contributed by atoms with Crippen molar-refractivity contribution in [1.82, 2.24) is 9.55 Å². The molecule has 1 aliphatic rings. The number of aliphatic hydroxyl groups is 2. The summed E-state index contributed by atoms with van der Waals surface area (Å²) in [6, 6.07) is 3.24. The fourth-order valence-electron chi connectivity index (χ4n) is 3.08. The van der Waals surface area contributed by atoms with E-state index < -0.39 is 42.7 Å². The number of unbranched alkanes of at least 4 members (excludes halogenated alkanes) is 3. The number of hydrogen-bond donors (Lipinski definition) is 3. The molecule has 2 rings (SSSR count). The standard InChI is InChI=1S/C20H28N4O6/c1-2-3-4-5-6-7-8-11-29-20(28)23-16-9-10-24(19(27)22-16)18-14(12-21)17(26)15(13-25)30-18/h3-4,9-10,14-15,17-18,25-26H,2,5-8,11,13H2,1H3,(H,22,23,27,28)/b4-3-/t14-,15+,17-,18?/m0/s1. The molecule has 164 valence electrons. The van der Waals surface area contributed by atoms with Crippen molar-refractivity contribution >= 4 is 11.9 Å². The van der Waals surface area contributed by atoms with Crippen molar-refractivity contribution in [3.05, 3.63) is 34.9 Å². The summed E-state index contributed by atoms with van der Waals surface area (Å²) in [7, 11) is 0. The van der Waals surface area contributed by atoms with Gasteiger partial charge in [0.15, 0.2) is 6.23 Å². The number of carbonyl (C=O) groups excluding carboxylic acids is 1. The van der Waals surface area contributed by atoms with Crippen LogP contribution in [0.3, 0.4) is 0 Å². The number of hydrogen-bond acceptors (Lipinski definition) is 8. The smallest absolute Gasteiger partial charge is 0.412 e. The van der Waals surface area contributed by atoms with Crippen LogP contribution in [0.4, 0.5) is 10.6 Å². The van der Waals surface area contributed by atoms with Crippen molar-refractivity contribution in [2.45, 2.75) is 57.5 Å². The van der Waals surface area contributed by atoms with E-state index in [1.165, 1.54) is 12.3 Å². The predicted molar refractivity (Wildman–Crippen MR) is 107 cm³/mol. The quantitative estimate of drug-likeness (QED) is 0.383. The minimum atomic E-state index is -1.23. The van der Waals surface area contributed by atoms with E-state index >= 15 is 0 Å². The van der Waals surface area contributed by atoms with Crippen molar-refractivity contribution < 1.29 is 24.5 Å². The van der Waals surface area contributed by atoms with Gasteiger partial charge in [0.2, 0.25) is 0 Å². The molecule has 1 amide bonds. The highest BCUT2D eigenvalue weighted by molar-refractivity contribution is 5.83. The number of rotatable bonds is 10. The van der Waals surface area contributed by atoms with Gasteiger partial charge in [0.1, 0.15) is 23.9 Å². The molecule has 4 atom stereocenters. The van der Waals surface area contributed by atoms with Crippen LogP contribution in [0.15, 0.2) is 29.2 Å². The first kappa shape index (κ1) is 23.5. The average molecular weight is 420 g/mol. The second-order valence-corrected chi connectivity index (χ2v) is 6.89. The highest BCUT2D eigenvalue weighted by Crippen LogP contribution is 2.33. The molecule has 1 aliphatic heterocycles. The second-order valence-electron chi connectivity index (χ2n) is 6.89. The number of nitrogens with zero attached hydrogens (tertiary/aromatic N) is 3. The summed E-state index contributed by atoms with van der Waals surface area (Å²) in [5, 5.41) is 30.8. The van der Waals surface area contributed by atoms with E-state index in [1.54, 1.807) is 0 Å². The molecule has 10 heteroatoms. The zero-order valence-corrected chi connectivity index (χ0v) is 16.9. The van der Waals surface area contributed by atoms with Crippen molar-refractivity contribution in [3.8, 4) is 6.07 Å². The third kappa shape index (κ3) is 6.38. The number of allylic oxidation sites excluding steroid dienone is 2. The van der Waals surface area contributed by atoms with E-state index in [-0.39, 0.29) is 12.4 Å². The van der Waals surface area contributed by atoms with Crippen LogP contribution in [0.5, 0.6) is 0 Å². The normalized spacial score (nSPS) is 23.4. The van der Waals surface area contributed by atoms with Gasteiger partial charge in [-0.15, -0.1) is 0 Å². The Hall–Kier alpha value is -2.74. The predicted octanol–water partition coefficient (Wildman–Crippen LogP) is 1.71. The van der Waals surface area contributed by atoms with E-state index in [4.69, 9.17) is 9.47 Å². The number of aromatic nitrogens is 2. The Morgan fingerprint density at radius 2 is 2.23 bits per heavy atom. The summed E-state index contributed by atoms with van der Waals surface area (Å²) in [6.07, 6.45) is 6.31. The first-order valence-electron chi connectivity index (χ1n) is 10.0. The Labute approximate surface area is 174 Å². The Morgan fingerprint density at radius 3 is 2.90 bits per heavy atom. The minimum absolute atomic E-state index is 0.00304. The number of aliphatic hydroxyl groups excluding tert-OH is 2. The van der Waals surface area contributed by atoms with Crippen LogP contribution in [0.25, 0.3) is 0 Å². The lowest BCUT2D eigenvalue weighted by Crippen LogP contribution is -2.32. The third-order valence-electron chi connectivity index (χ3n) is 4.68. The molecule has 1 aromatic rings.